The molecule has 1 saturated heterocycles. The number of benzene rings is 1. The zero-order valence-corrected chi connectivity index (χ0v) is 19.0. The molecule has 7 nitrogen and oxygen atoms in total. The van der Waals surface area contributed by atoms with Crippen molar-refractivity contribution in [3.63, 3.8) is 0 Å². The molecule has 1 fully saturated rings. The third-order valence-corrected chi connectivity index (χ3v) is 6.99. The van der Waals surface area contributed by atoms with Gasteiger partial charge in [0.15, 0.2) is 0 Å². The number of pyridine rings is 1. The predicted octanol–water partition coefficient (Wildman–Crippen LogP) is 3.43. The summed E-state index contributed by atoms with van der Waals surface area (Å²) >= 11 is 1.43. The van der Waals surface area contributed by atoms with Gasteiger partial charge in [-0.2, -0.15) is 0 Å². The van der Waals surface area contributed by atoms with Gasteiger partial charge in [-0.05, 0) is 47.5 Å². The summed E-state index contributed by atoms with van der Waals surface area (Å²) in [5.74, 6) is 0.724. The number of anilines is 1. The van der Waals surface area contributed by atoms with Crippen molar-refractivity contribution in [1.29, 1.82) is 0 Å². The molecule has 1 aromatic carbocycles. The number of rotatable bonds is 6. The lowest BCUT2D eigenvalue weighted by atomic mass is 9.96. The Morgan fingerprint density at radius 2 is 1.79 bits per heavy atom. The summed E-state index contributed by atoms with van der Waals surface area (Å²) < 4.78 is 2.46. The molecule has 0 saturated carbocycles. The summed E-state index contributed by atoms with van der Waals surface area (Å²) in [4.78, 5) is 37.0. The van der Waals surface area contributed by atoms with Crippen molar-refractivity contribution in [2.75, 3.05) is 18.0 Å². The standard InChI is InChI=1S/C25H25N5O2S/c31-23(27-16-18-6-11-26-12-7-18)20-8-13-29(14-9-20)25-28-21-10-15-33-22(21)24(32)30(25)17-19-4-2-1-3-5-19/h1-7,10-12,15,20H,8-9,13-14,16-17H2,(H,27,31). The molecular weight excluding hydrogens is 434 g/mol. The molecule has 1 amide bonds. The van der Waals surface area contributed by atoms with E-state index >= 15 is 0 Å². The van der Waals surface area contributed by atoms with E-state index in [0.717, 1.165) is 29.5 Å². The van der Waals surface area contributed by atoms with Gasteiger partial charge in [-0.15, -0.1) is 11.3 Å². The minimum Gasteiger partial charge on any atom is -0.352 e. The highest BCUT2D eigenvalue weighted by atomic mass is 32.1. The average Bonchev–Trinajstić information content (AvgIpc) is 3.35. The first-order valence-electron chi connectivity index (χ1n) is 11.1. The van der Waals surface area contributed by atoms with Crippen LogP contribution in [0.15, 0.2) is 71.1 Å². The number of carbonyl (C=O) groups is 1. The van der Waals surface area contributed by atoms with Gasteiger partial charge in [-0.25, -0.2) is 4.98 Å². The number of nitrogens with one attached hydrogen (secondary N) is 1. The second-order valence-electron chi connectivity index (χ2n) is 8.26. The Labute approximate surface area is 195 Å². The average molecular weight is 460 g/mol. The van der Waals surface area contributed by atoms with E-state index in [-0.39, 0.29) is 17.4 Å². The molecule has 4 aromatic rings. The van der Waals surface area contributed by atoms with Gasteiger partial charge in [0.05, 0.1) is 12.1 Å². The molecule has 1 aliphatic rings. The molecule has 3 aromatic heterocycles. The SMILES string of the molecule is O=C(NCc1ccncc1)C1CCN(c2nc3ccsc3c(=O)n2Cc2ccccc2)CC1. The minimum absolute atomic E-state index is 0.00827. The van der Waals surface area contributed by atoms with Crippen molar-refractivity contribution >= 4 is 33.4 Å². The van der Waals surface area contributed by atoms with E-state index in [1.165, 1.54) is 11.3 Å². The van der Waals surface area contributed by atoms with Crippen LogP contribution in [0.4, 0.5) is 5.95 Å². The third kappa shape index (κ3) is 4.66. The van der Waals surface area contributed by atoms with Crippen LogP contribution in [0.2, 0.25) is 0 Å². The number of carbonyl (C=O) groups excluding carboxylic acids is 1. The molecule has 1 aliphatic heterocycles. The van der Waals surface area contributed by atoms with Gasteiger partial charge in [0, 0.05) is 37.9 Å². The van der Waals surface area contributed by atoms with E-state index in [1.807, 2.05) is 53.9 Å². The van der Waals surface area contributed by atoms with Crippen LogP contribution in [0, 0.1) is 5.92 Å². The lowest BCUT2D eigenvalue weighted by Crippen LogP contribution is -2.42. The Hall–Kier alpha value is -3.52. The number of aromatic nitrogens is 3. The summed E-state index contributed by atoms with van der Waals surface area (Å²) in [6.45, 7) is 2.35. The van der Waals surface area contributed by atoms with E-state index in [0.29, 0.717) is 36.8 Å². The number of hydrogen-bond acceptors (Lipinski definition) is 6. The molecule has 0 atom stereocenters. The van der Waals surface area contributed by atoms with Crippen molar-refractivity contribution in [2.24, 2.45) is 5.92 Å². The maximum absolute atomic E-state index is 13.3. The fourth-order valence-electron chi connectivity index (χ4n) is 4.26. The van der Waals surface area contributed by atoms with Crippen LogP contribution in [0.25, 0.3) is 10.2 Å². The molecule has 5 rings (SSSR count). The van der Waals surface area contributed by atoms with Crippen LogP contribution in [0.3, 0.4) is 0 Å². The minimum atomic E-state index is -0.0396. The third-order valence-electron chi connectivity index (χ3n) is 6.09. The van der Waals surface area contributed by atoms with Crippen molar-refractivity contribution in [2.45, 2.75) is 25.9 Å². The highest BCUT2D eigenvalue weighted by Gasteiger charge is 2.27. The normalized spacial score (nSPS) is 14.5. The molecule has 0 unspecified atom stereocenters. The fourth-order valence-corrected chi connectivity index (χ4v) is 5.04. The lowest BCUT2D eigenvalue weighted by molar-refractivity contribution is -0.125. The first-order chi connectivity index (χ1) is 16.2. The van der Waals surface area contributed by atoms with Gasteiger partial charge in [0.1, 0.15) is 4.70 Å². The summed E-state index contributed by atoms with van der Waals surface area (Å²) in [6.07, 6.45) is 4.91. The maximum atomic E-state index is 13.3. The molecule has 4 heterocycles. The first-order valence-corrected chi connectivity index (χ1v) is 12.0. The zero-order chi connectivity index (χ0) is 22.6. The van der Waals surface area contributed by atoms with Crippen LogP contribution in [-0.2, 0) is 17.9 Å². The van der Waals surface area contributed by atoms with Crippen molar-refractivity contribution in [3.05, 3.63) is 87.8 Å². The summed E-state index contributed by atoms with van der Waals surface area (Å²) in [5.41, 5.74) is 2.82. The number of piperidine rings is 1. The van der Waals surface area contributed by atoms with E-state index < -0.39 is 0 Å². The largest absolute Gasteiger partial charge is 0.352 e. The van der Waals surface area contributed by atoms with E-state index in [1.54, 1.807) is 17.0 Å². The Balaban J connectivity index is 1.32. The predicted molar refractivity (Wildman–Crippen MR) is 130 cm³/mol. The second kappa shape index (κ2) is 9.54. The Kier molecular flexibility index (Phi) is 6.17. The fraction of sp³-hybridized carbons (Fsp3) is 0.280. The van der Waals surface area contributed by atoms with E-state index in [2.05, 4.69) is 15.2 Å². The summed E-state index contributed by atoms with van der Waals surface area (Å²) in [6, 6.07) is 15.7. The van der Waals surface area contributed by atoms with Gasteiger partial charge >= 0.3 is 0 Å². The van der Waals surface area contributed by atoms with Crippen LogP contribution in [0.1, 0.15) is 24.0 Å². The highest BCUT2D eigenvalue weighted by molar-refractivity contribution is 7.17. The molecule has 168 valence electrons. The van der Waals surface area contributed by atoms with Gasteiger partial charge < -0.3 is 10.2 Å². The monoisotopic (exact) mass is 459 g/mol. The smallest absolute Gasteiger partial charge is 0.273 e. The number of fused-ring (bicyclic) bond motifs is 1. The van der Waals surface area contributed by atoms with Crippen LogP contribution < -0.4 is 15.8 Å². The maximum Gasteiger partial charge on any atom is 0.273 e. The number of thiophene rings is 1. The number of hydrogen-bond donors (Lipinski definition) is 1. The van der Waals surface area contributed by atoms with Crippen LogP contribution in [0.5, 0.6) is 0 Å². The Bertz CT molecular complexity index is 1290. The molecule has 1 N–H and O–H groups in total. The lowest BCUT2D eigenvalue weighted by Gasteiger charge is -2.33. The Morgan fingerprint density at radius 3 is 2.55 bits per heavy atom. The number of amides is 1. The zero-order valence-electron chi connectivity index (χ0n) is 18.2. The van der Waals surface area contributed by atoms with E-state index in [4.69, 9.17) is 4.98 Å². The number of nitrogens with zero attached hydrogens (tertiary/aromatic N) is 4. The quantitative estimate of drug-likeness (QED) is 0.478. The summed E-state index contributed by atoms with van der Waals surface area (Å²) in [7, 11) is 0. The van der Waals surface area contributed by atoms with Gasteiger partial charge in [-0.1, -0.05) is 30.3 Å². The van der Waals surface area contributed by atoms with Crippen LogP contribution in [-0.4, -0.2) is 33.5 Å². The second-order valence-corrected chi connectivity index (χ2v) is 9.17. The first kappa shape index (κ1) is 21.3. The molecule has 33 heavy (non-hydrogen) atoms. The van der Waals surface area contributed by atoms with Crippen molar-refractivity contribution in [3.8, 4) is 0 Å². The molecule has 0 bridgehead atoms. The van der Waals surface area contributed by atoms with Gasteiger partial charge in [0.25, 0.3) is 5.56 Å². The van der Waals surface area contributed by atoms with E-state index in [9.17, 15) is 9.59 Å². The highest BCUT2D eigenvalue weighted by Crippen LogP contribution is 2.25. The molecule has 8 heteroatoms. The molecule has 0 radical (unpaired) electrons. The van der Waals surface area contributed by atoms with Gasteiger partial charge in [-0.3, -0.25) is 19.1 Å². The Morgan fingerprint density at radius 1 is 1.03 bits per heavy atom. The van der Waals surface area contributed by atoms with Crippen LogP contribution >= 0.6 is 11.3 Å². The van der Waals surface area contributed by atoms with Gasteiger partial charge in [0.2, 0.25) is 11.9 Å². The molecule has 0 spiro atoms. The molecular formula is C25H25N5O2S. The van der Waals surface area contributed by atoms with Crippen molar-refractivity contribution < 1.29 is 4.79 Å². The van der Waals surface area contributed by atoms with Crippen molar-refractivity contribution in [1.82, 2.24) is 19.9 Å². The topological polar surface area (TPSA) is 80.1 Å². The molecule has 0 aliphatic carbocycles. The summed E-state index contributed by atoms with van der Waals surface area (Å²) in [5, 5.41) is 4.95.